The molecule has 1 aromatic carbocycles. The maximum atomic E-state index is 11.9. The quantitative estimate of drug-likeness (QED) is 0.724. The standard InChI is InChI=1S/C17H23Cl2N3O2/c18-14-6-5-13(11-15(14)19)17(24)21-12-16(23)20-7-4-10-22-8-2-1-3-9-22/h5-6,11H,1-4,7-10,12H2,(H,20,23)(H,21,24). The fourth-order valence-corrected chi connectivity index (χ4v) is 2.97. The highest BCUT2D eigenvalue weighted by molar-refractivity contribution is 6.42. The van der Waals surface area contributed by atoms with Crippen LogP contribution in [0.5, 0.6) is 0 Å². The molecule has 7 heteroatoms. The first-order valence-electron chi connectivity index (χ1n) is 8.28. The van der Waals surface area contributed by atoms with E-state index in [0.717, 1.165) is 26.1 Å². The number of halogens is 2. The Bertz CT molecular complexity index is 575. The van der Waals surface area contributed by atoms with Crippen molar-refractivity contribution in [3.63, 3.8) is 0 Å². The number of hydrogen-bond donors (Lipinski definition) is 2. The predicted molar refractivity (Wildman–Crippen MR) is 96.7 cm³/mol. The molecule has 1 fully saturated rings. The highest BCUT2D eigenvalue weighted by Crippen LogP contribution is 2.22. The summed E-state index contributed by atoms with van der Waals surface area (Å²) in [6.45, 7) is 3.90. The number of amides is 2. The number of carbonyl (C=O) groups excluding carboxylic acids is 2. The van der Waals surface area contributed by atoms with Crippen molar-refractivity contribution in [1.29, 1.82) is 0 Å². The predicted octanol–water partition coefficient (Wildman–Crippen LogP) is 2.72. The lowest BCUT2D eigenvalue weighted by Gasteiger charge is -2.26. The Balaban J connectivity index is 1.61. The third-order valence-electron chi connectivity index (χ3n) is 4.01. The average molecular weight is 372 g/mol. The van der Waals surface area contributed by atoms with Crippen LogP contribution in [-0.2, 0) is 4.79 Å². The van der Waals surface area contributed by atoms with Crippen molar-refractivity contribution in [1.82, 2.24) is 15.5 Å². The molecule has 0 bridgehead atoms. The van der Waals surface area contributed by atoms with Gasteiger partial charge >= 0.3 is 0 Å². The second-order valence-corrected chi connectivity index (χ2v) is 6.73. The Labute approximate surface area is 152 Å². The molecule has 0 atom stereocenters. The van der Waals surface area contributed by atoms with Gasteiger partial charge in [0.05, 0.1) is 16.6 Å². The van der Waals surface area contributed by atoms with Gasteiger partial charge in [-0.1, -0.05) is 29.6 Å². The molecule has 1 aromatic rings. The van der Waals surface area contributed by atoms with Crippen molar-refractivity contribution in [2.45, 2.75) is 25.7 Å². The number of hydrogen-bond acceptors (Lipinski definition) is 3. The van der Waals surface area contributed by atoms with E-state index in [2.05, 4.69) is 15.5 Å². The average Bonchev–Trinajstić information content (AvgIpc) is 2.60. The molecule has 2 N–H and O–H groups in total. The molecule has 1 heterocycles. The third-order valence-corrected chi connectivity index (χ3v) is 4.75. The summed E-state index contributed by atoms with van der Waals surface area (Å²) in [6.07, 6.45) is 4.79. The monoisotopic (exact) mass is 371 g/mol. The summed E-state index contributed by atoms with van der Waals surface area (Å²) in [5.74, 6) is -0.543. The van der Waals surface area contributed by atoms with Gasteiger partial charge in [0, 0.05) is 12.1 Å². The van der Waals surface area contributed by atoms with E-state index in [1.54, 1.807) is 12.1 Å². The molecule has 0 saturated carbocycles. The van der Waals surface area contributed by atoms with Gasteiger partial charge in [0.25, 0.3) is 5.91 Å². The number of piperidine rings is 1. The van der Waals surface area contributed by atoms with Crippen LogP contribution in [0, 0.1) is 0 Å². The van der Waals surface area contributed by atoms with E-state index in [9.17, 15) is 9.59 Å². The molecule has 0 aromatic heterocycles. The third kappa shape index (κ3) is 6.30. The number of likely N-dealkylation sites (tertiary alicyclic amines) is 1. The molecule has 5 nitrogen and oxygen atoms in total. The van der Waals surface area contributed by atoms with Crippen LogP contribution in [0.2, 0.25) is 10.0 Å². The van der Waals surface area contributed by atoms with Gasteiger partial charge in [-0.3, -0.25) is 9.59 Å². The number of carbonyl (C=O) groups is 2. The van der Waals surface area contributed by atoms with Crippen molar-refractivity contribution in [2.24, 2.45) is 0 Å². The molecule has 0 aliphatic carbocycles. The summed E-state index contributed by atoms with van der Waals surface area (Å²) in [7, 11) is 0. The van der Waals surface area contributed by atoms with Crippen LogP contribution in [0.15, 0.2) is 18.2 Å². The lowest BCUT2D eigenvalue weighted by Crippen LogP contribution is -2.38. The highest BCUT2D eigenvalue weighted by Gasteiger charge is 2.11. The van der Waals surface area contributed by atoms with Gasteiger partial charge in [-0.15, -0.1) is 0 Å². The van der Waals surface area contributed by atoms with Gasteiger partial charge in [-0.05, 0) is 57.1 Å². The number of nitrogens with one attached hydrogen (secondary N) is 2. The Morgan fingerprint density at radius 1 is 1.04 bits per heavy atom. The number of benzene rings is 1. The van der Waals surface area contributed by atoms with E-state index in [0.29, 0.717) is 22.2 Å². The summed E-state index contributed by atoms with van der Waals surface area (Å²) in [5, 5.41) is 6.09. The molecule has 2 amide bonds. The Morgan fingerprint density at radius 2 is 1.79 bits per heavy atom. The van der Waals surface area contributed by atoms with Crippen molar-refractivity contribution >= 4 is 35.0 Å². The molecule has 0 unspecified atom stereocenters. The maximum absolute atomic E-state index is 11.9. The normalized spacial score (nSPS) is 15.1. The lowest BCUT2D eigenvalue weighted by atomic mass is 10.1. The van der Waals surface area contributed by atoms with Crippen LogP contribution < -0.4 is 10.6 Å². The first-order chi connectivity index (χ1) is 11.6. The minimum absolute atomic E-state index is 0.0528. The maximum Gasteiger partial charge on any atom is 0.251 e. The van der Waals surface area contributed by atoms with Gasteiger partial charge < -0.3 is 15.5 Å². The Morgan fingerprint density at radius 3 is 2.50 bits per heavy atom. The zero-order chi connectivity index (χ0) is 17.4. The van der Waals surface area contributed by atoms with Crippen molar-refractivity contribution in [3.8, 4) is 0 Å². The molecule has 1 saturated heterocycles. The van der Waals surface area contributed by atoms with Crippen LogP contribution in [0.25, 0.3) is 0 Å². The fraction of sp³-hybridized carbons (Fsp3) is 0.529. The summed E-state index contributed by atoms with van der Waals surface area (Å²) in [4.78, 5) is 26.1. The van der Waals surface area contributed by atoms with E-state index in [-0.39, 0.29) is 18.4 Å². The van der Waals surface area contributed by atoms with Gasteiger partial charge in [-0.2, -0.15) is 0 Å². The van der Waals surface area contributed by atoms with Gasteiger partial charge in [0.1, 0.15) is 0 Å². The van der Waals surface area contributed by atoms with Crippen LogP contribution >= 0.6 is 23.2 Å². The number of rotatable bonds is 7. The first-order valence-corrected chi connectivity index (χ1v) is 9.04. The zero-order valence-corrected chi connectivity index (χ0v) is 15.1. The zero-order valence-electron chi connectivity index (χ0n) is 13.6. The molecule has 0 spiro atoms. The minimum atomic E-state index is -0.350. The van der Waals surface area contributed by atoms with Gasteiger partial charge in [-0.25, -0.2) is 0 Å². The van der Waals surface area contributed by atoms with Crippen LogP contribution in [0.1, 0.15) is 36.0 Å². The van der Waals surface area contributed by atoms with E-state index in [1.807, 2.05) is 0 Å². The minimum Gasteiger partial charge on any atom is -0.355 e. The van der Waals surface area contributed by atoms with E-state index in [1.165, 1.54) is 25.3 Å². The smallest absolute Gasteiger partial charge is 0.251 e. The Kier molecular flexibility index (Phi) is 7.82. The van der Waals surface area contributed by atoms with E-state index in [4.69, 9.17) is 23.2 Å². The fourth-order valence-electron chi connectivity index (χ4n) is 2.68. The van der Waals surface area contributed by atoms with Crippen LogP contribution in [0.3, 0.4) is 0 Å². The number of nitrogens with zero attached hydrogens (tertiary/aromatic N) is 1. The molecule has 1 aliphatic rings. The molecule has 24 heavy (non-hydrogen) atoms. The summed E-state index contributed by atoms with van der Waals surface area (Å²) >= 11 is 11.7. The molecular weight excluding hydrogens is 349 g/mol. The van der Waals surface area contributed by atoms with Crippen molar-refractivity contribution in [3.05, 3.63) is 33.8 Å². The van der Waals surface area contributed by atoms with E-state index >= 15 is 0 Å². The van der Waals surface area contributed by atoms with Crippen LogP contribution in [-0.4, -0.2) is 49.4 Å². The summed E-state index contributed by atoms with van der Waals surface area (Å²) < 4.78 is 0. The van der Waals surface area contributed by atoms with Crippen molar-refractivity contribution < 1.29 is 9.59 Å². The lowest BCUT2D eigenvalue weighted by molar-refractivity contribution is -0.120. The summed E-state index contributed by atoms with van der Waals surface area (Å²) in [5.41, 5.74) is 0.377. The van der Waals surface area contributed by atoms with Gasteiger partial charge in [0.2, 0.25) is 5.91 Å². The topological polar surface area (TPSA) is 61.4 Å². The second-order valence-electron chi connectivity index (χ2n) is 5.92. The SMILES string of the molecule is O=C(CNC(=O)c1ccc(Cl)c(Cl)c1)NCCCN1CCCCC1. The molecule has 0 radical (unpaired) electrons. The second kappa shape index (κ2) is 9.87. The molecule has 132 valence electrons. The summed E-state index contributed by atoms with van der Waals surface area (Å²) in [6, 6.07) is 4.61. The molecular formula is C17H23Cl2N3O2. The van der Waals surface area contributed by atoms with Crippen LogP contribution in [0.4, 0.5) is 0 Å². The highest BCUT2D eigenvalue weighted by atomic mass is 35.5. The van der Waals surface area contributed by atoms with Gasteiger partial charge in [0.15, 0.2) is 0 Å². The van der Waals surface area contributed by atoms with Crippen molar-refractivity contribution in [2.75, 3.05) is 32.7 Å². The Hall–Kier alpha value is -1.30. The molecule has 2 rings (SSSR count). The molecule has 1 aliphatic heterocycles. The largest absolute Gasteiger partial charge is 0.355 e. The first kappa shape index (κ1) is 19.0. The van der Waals surface area contributed by atoms with E-state index < -0.39 is 0 Å².